The van der Waals surface area contributed by atoms with Gasteiger partial charge in [-0.25, -0.2) is 9.59 Å². The number of nitrogens with one attached hydrogen (secondary N) is 1. The maximum atomic E-state index is 9.10. The van der Waals surface area contributed by atoms with Crippen molar-refractivity contribution < 1.29 is 24.5 Å². The second-order valence-electron chi connectivity index (χ2n) is 4.04. The molecule has 0 aromatic heterocycles. The Balaban J connectivity index is 0.000000626. The minimum atomic E-state index is -1.82. The molecule has 3 N–H and O–H groups in total. The Labute approximate surface area is 139 Å². The van der Waals surface area contributed by atoms with Crippen molar-refractivity contribution in [2.75, 3.05) is 19.8 Å². The number of carbonyl (C=O) groups is 2. The molecule has 6 nitrogen and oxygen atoms in total. The Morgan fingerprint density at radius 3 is 2.18 bits per heavy atom. The molecule has 0 unspecified atom stereocenters. The first kappa shape index (κ1) is 20.7. The Kier molecular flexibility index (Phi) is 11.5. The average Bonchev–Trinajstić information content (AvgIpc) is 2.46. The van der Waals surface area contributed by atoms with Gasteiger partial charge >= 0.3 is 11.9 Å². The average molecular weight is 352 g/mol. The van der Waals surface area contributed by atoms with Crippen molar-refractivity contribution in [3.63, 3.8) is 0 Å². The summed E-state index contributed by atoms with van der Waals surface area (Å²) in [5, 5.41) is 19.5. The van der Waals surface area contributed by atoms with Gasteiger partial charge in [-0.3, -0.25) is 0 Å². The van der Waals surface area contributed by atoms with E-state index in [1.165, 1.54) is 0 Å². The standard InChI is InChI=1S/C12H17Cl2NO.C2H2O4/c1-2-16-8-4-7-15-9-10-11(13)5-3-6-12(10)14;3-1(4)2(5)6/h3,5-6,15H,2,4,7-9H2,1H3;(H,3,4)(H,5,6). The summed E-state index contributed by atoms with van der Waals surface area (Å²) >= 11 is 12.1. The summed E-state index contributed by atoms with van der Waals surface area (Å²) in [5.74, 6) is -3.65. The van der Waals surface area contributed by atoms with Crippen LogP contribution in [-0.2, 0) is 20.9 Å². The number of aliphatic carboxylic acids is 2. The number of carboxylic acids is 2. The molecular formula is C14H19Cl2NO5. The summed E-state index contributed by atoms with van der Waals surface area (Å²) in [7, 11) is 0. The van der Waals surface area contributed by atoms with Gasteiger partial charge in [-0.05, 0) is 32.0 Å². The molecule has 0 bridgehead atoms. The summed E-state index contributed by atoms with van der Waals surface area (Å²) < 4.78 is 5.24. The molecule has 0 amide bonds. The molecule has 22 heavy (non-hydrogen) atoms. The van der Waals surface area contributed by atoms with Crippen molar-refractivity contribution in [2.24, 2.45) is 0 Å². The van der Waals surface area contributed by atoms with Crippen molar-refractivity contribution in [3.05, 3.63) is 33.8 Å². The molecule has 1 aromatic carbocycles. The molecule has 0 radical (unpaired) electrons. The fourth-order valence-corrected chi connectivity index (χ4v) is 1.89. The molecule has 0 saturated carbocycles. The van der Waals surface area contributed by atoms with Gasteiger partial charge in [0.2, 0.25) is 0 Å². The first-order valence-electron chi connectivity index (χ1n) is 6.57. The summed E-state index contributed by atoms with van der Waals surface area (Å²) in [6, 6.07) is 5.55. The highest BCUT2D eigenvalue weighted by Crippen LogP contribution is 2.23. The Bertz CT molecular complexity index is 450. The number of ether oxygens (including phenoxy) is 1. The zero-order valence-corrected chi connectivity index (χ0v) is 13.7. The molecule has 1 aromatic rings. The second kappa shape index (κ2) is 12.2. The molecule has 0 atom stereocenters. The van der Waals surface area contributed by atoms with E-state index < -0.39 is 11.9 Å². The van der Waals surface area contributed by atoms with Gasteiger partial charge in [0.05, 0.1) is 0 Å². The van der Waals surface area contributed by atoms with Crippen LogP contribution in [0.15, 0.2) is 18.2 Å². The van der Waals surface area contributed by atoms with Crippen molar-refractivity contribution in [2.45, 2.75) is 19.9 Å². The SMILES string of the molecule is CCOCCCNCc1c(Cl)cccc1Cl.O=C(O)C(=O)O. The highest BCUT2D eigenvalue weighted by atomic mass is 35.5. The Morgan fingerprint density at radius 1 is 1.18 bits per heavy atom. The van der Waals surface area contributed by atoms with Gasteiger partial charge in [0.15, 0.2) is 0 Å². The van der Waals surface area contributed by atoms with Crippen LogP contribution in [0.3, 0.4) is 0 Å². The number of rotatable bonds is 7. The molecule has 0 aliphatic heterocycles. The van der Waals surface area contributed by atoms with Crippen LogP contribution in [0.5, 0.6) is 0 Å². The van der Waals surface area contributed by atoms with Crippen LogP contribution in [0.1, 0.15) is 18.9 Å². The normalized spacial score (nSPS) is 9.77. The van der Waals surface area contributed by atoms with E-state index in [0.717, 1.165) is 31.7 Å². The largest absolute Gasteiger partial charge is 0.473 e. The Morgan fingerprint density at radius 2 is 1.73 bits per heavy atom. The monoisotopic (exact) mass is 351 g/mol. The van der Waals surface area contributed by atoms with E-state index in [1.807, 2.05) is 25.1 Å². The van der Waals surface area contributed by atoms with Gasteiger partial charge in [-0.1, -0.05) is 29.3 Å². The number of benzene rings is 1. The fraction of sp³-hybridized carbons (Fsp3) is 0.429. The quantitative estimate of drug-likeness (QED) is 0.516. The number of hydrogen-bond donors (Lipinski definition) is 3. The van der Waals surface area contributed by atoms with E-state index >= 15 is 0 Å². The summed E-state index contributed by atoms with van der Waals surface area (Å²) in [6.07, 6.45) is 0.996. The molecule has 0 aliphatic rings. The van der Waals surface area contributed by atoms with E-state index in [0.29, 0.717) is 16.6 Å². The highest BCUT2D eigenvalue weighted by molar-refractivity contribution is 6.35. The first-order chi connectivity index (χ1) is 10.4. The van der Waals surface area contributed by atoms with Crippen molar-refractivity contribution in [1.29, 1.82) is 0 Å². The number of carboxylic acid groups (broad SMARTS) is 2. The third-order valence-corrected chi connectivity index (χ3v) is 3.10. The third-order valence-electron chi connectivity index (χ3n) is 2.39. The fourth-order valence-electron chi connectivity index (χ4n) is 1.36. The molecule has 0 heterocycles. The van der Waals surface area contributed by atoms with Crippen molar-refractivity contribution in [3.8, 4) is 0 Å². The van der Waals surface area contributed by atoms with Crippen LogP contribution in [0.2, 0.25) is 10.0 Å². The zero-order chi connectivity index (χ0) is 17.0. The van der Waals surface area contributed by atoms with Crippen molar-refractivity contribution in [1.82, 2.24) is 5.32 Å². The van der Waals surface area contributed by atoms with Crippen LogP contribution in [0.25, 0.3) is 0 Å². The van der Waals surface area contributed by atoms with E-state index in [4.69, 9.17) is 47.7 Å². The van der Waals surface area contributed by atoms with Crippen LogP contribution in [0.4, 0.5) is 0 Å². The lowest BCUT2D eigenvalue weighted by Crippen LogP contribution is -2.16. The molecule has 0 fully saturated rings. The molecule has 0 saturated heterocycles. The second-order valence-corrected chi connectivity index (χ2v) is 4.85. The topological polar surface area (TPSA) is 95.9 Å². The predicted molar refractivity (Wildman–Crippen MR) is 84.6 cm³/mol. The lowest BCUT2D eigenvalue weighted by Gasteiger charge is -2.08. The van der Waals surface area contributed by atoms with Gasteiger partial charge in [0.1, 0.15) is 0 Å². The van der Waals surface area contributed by atoms with Crippen molar-refractivity contribution >= 4 is 35.1 Å². The summed E-state index contributed by atoms with van der Waals surface area (Å²) in [4.78, 5) is 18.2. The minimum absolute atomic E-state index is 0.699. The third kappa shape index (κ3) is 9.57. The van der Waals surface area contributed by atoms with E-state index in [1.54, 1.807) is 0 Å². The van der Waals surface area contributed by atoms with E-state index in [2.05, 4.69) is 5.32 Å². The van der Waals surface area contributed by atoms with Gasteiger partial charge in [-0.2, -0.15) is 0 Å². The molecule has 1 rings (SSSR count). The van der Waals surface area contributed by atoms with Crippen LogP contribution in [0, 0.1) is 0 Å². The maximum absolute atomic E-state index is 9.10. The van der Waals surface area contributed by atoms with Gasteiger partial charge < -0.3 is 20.3 Å². The summed E-state index contributed by atoms with van der Waals surface area (Å²) in [6.45, 7) is 5.17. The smallest absolute Gasteiger partial charge is 0.414 e. The predicted octanol–water partition coefficient (Wildman–Crippen LogP) is 2.67. The molecule has 0 spiro atoms. The zero-order valence-electron chi connectivity index (χ0n) is 12.1. The highest BCUT2D eigenvalue weighted by Gasteiger charge is 2.04. The summed E-state index contributed by atoms with van der Waals surface area (Å²) in [5.41, 5.74) is 0.960. The molecule has 124 valence electrons. The lowest BCUT2D eigenvalue weighted by molar-refractivity contribution is -0.159. The van der Waals surface area contributed by atoms with Gasteiger partial charge in [-0.15, -0.1) is 0 Å². The first-order valence-corrected chi connectivity index (χ1v) is 7.33. The Hall–Kier alpha value is -1.34. The molecule has 8 heteroatoms. The van der Waals surface area contributed by atoms with Crippen LogP contribution in [-0.4, -0.2) is 41.9 Å². The molecule has 0 aliphatic carbocycles. The number of halogens is 2. The van der Waals surface area contributed by atoms with Gasteiger partial charge in [0.25, 0.3) is 0 Å². The van der Waals surface area contributed by atoms with E-state index in [-0.39, 0.29) is 0 Å². The van der Waals surface area contributed by atoms with Crippen LogP contribution >= 0.6 is 23.2 Å². The van der Waals surface area contributed by atoms with Gasteiger partial charge in [0, 0.05) is 35.4 Å². The minimum Gasteiger partial charge on any atom is -0.473 e. The maximum Gasteiger partial charge on any atom is 0.414 e. The number of hydrogen-bond acceptors (Lipinski definition) is 4. The lowest BCUT2D eigenvalue weighted by atomic mass is 10.2. The van der Waals surface area contributed by atoms with E-state index in [9.17, 15) is 0 Å². The van der Waals surface area contributed by atoms with Crippen LogP contribution < -0.4 is 5.32 Å². The molecular weight excluding hydrogens is 333 g/mol.